The van der Waals surface area contributed by atoms with Crippen molar-refractivity contribution < 1.29 is 14.7 Å². The molecule has 0 radical (unpaired) electrons. The van der Waals surface area contributed by atoms with E-state index in [4.69, 9.17) is 5.11 Å². The summed E-state index contributed by atoms with van der Waals surface area (Å²) in [6.07, 6.45) is 3.94. The minimum Gasteiger partial charge on any atom is -0.481 e. The monoisotopic (exact) mass is 352 g/mol. The Labute approximate surface area is 143 Å². The first kappa shape index (κ1) is 17.6. The lowest BCUT2D eigenvalue weighted by atomic mass is 10.1. The third kappa shape index (κ3) is 6.50. The molecule has 0 aromatic carbocycles. The highest BCUT2D eigenvalue weighted by molar-refractivity contribution is 7.20. The van der Waals surface area contributed by atoms with Gasteiger partial charge in [-0.1, -0.05) is 18.9 Å². The molecule has 0 aliphatic heterocycles. The summed E-state index contributed by atoms with van der Waals surface area (Å²) < 4.78 is 0. The van der Waals surface area contributed by atoms with Crippen LogP contribution in [0.4, 0.5) is 0 Å². The van der Waals surface area contributed by atoms with Crippen LogP contribution in [-0.2, 0) is 16.0 Å². The van der Waals surface area contributed by atoms with Crippen molar-refractivity contribution in [1.82, 2.24) is 10.3 Å². The number of carboxylic acids is 1. The molecule has 0 saturated heterocycles. The molecule has 7 heteroatoms. The fraction of sp³-hybridized carbons (Fsp3) is 0.438. The zero-order chi connectivity index (χ0) is 16.5. The predicted molar refractivity (Wildman–Crippen MR) is 92.9 cm³/mol. The molecule has 2 N–H and O–H groups in total. The fourth-order valence-corrected chi connectivity index (χ4v) is 3.75. The number of thiophene rings is 1. The zero-order valence-corrected chi connectivity index (χ0v) is 14.4. The van der Waals surface area contributed by atoms with Crippen LogP contribution in [0.5, 0.6) is 0 Å². The first-order valence-electron chi connectivity index (χ1n) is 7.62. The van der Waals surface area contributed by atoms with Crippen LogP contribution in [0.25, 0.3) is 9.88 Å². The standard InChI is InChI=1S/C16H20N2O3S2/c19-14(17-8-4-2-1-3-7-15(20)21)10-12-11-23-16(18-12)13-6-5-9-22-13/h5-6,9,11H,1-4,7-8,10H2,(H,17,19)(H,20,21). The first-order valence-corrected chi connectivity index (χ1v) is 9.38. The Morgan fingerprint density at radius 1 is 1.17 bits per heavy atom. The Bertz CT molecular complexity index is 623. The molecule has 0 bridgehead atoms. The van der Waals surface area contributed by atoms with E-state index in [1.807, 2.05) is 22.9 Å². The van der Waals surface area contributed by atoms with Gasteiger partial charge in [0, 0.05) is 18.3 Å². The molecule has 0 fully saturated rings. The van der Waals surface area contributed by atoms with Gasteiger partial charge in [-0.05, 0) is 24.3 Å². The van der Waals surface area contributed by atoms with Crippen molar-refractivity contribution in [2.24, 2.45) is 0 Å². The van der Waals surface area contributed by atoms with E-state index in [0.29, 0.717) is 19.4 Å². The summed E-state index contributed by atoms with van der Waals surface area (Å²) >= 11 is 3.20. The predicted octanol–water partition coefficient (Wildman–Crippen LogP) is 3.57. The summed E-state index contributed by atoms with van der Waals surface area (Å²) in [6.45, 7) is 0.633. The minimum atomic E-state index is -0.747. The van der Waals surface area contributed by atoms with Gasteiger partial charge in [-0.15, -0.1) is 22.7 Å². The molecule has 0 atom stereocenters. The van der Waals surface area contributed by atoms with Crippen molar-refractivity contribution in [1.29, 1.82) is 0 Å². The molecular formula is C16H20N2O3S2. The quantitative estimate of drug-likeness (QED) is 0.641. The molecule has 0 spiro atoms. The first-order chi connectivity index (χ1) is 11.1. The molecule has 2 rings (SSSR count). The molecule has 1 amide bonds. The number of unbranched alkanes of at least 4 members (excludes halogenated alkanes) is 3. The molecule has 2 heterocycles. The number of nitrogens with zero attached hydrogens (tertiary/aromatic N) is 1. The molecule has 0 aliphatic carbocycles. The van der Waals surface area contributed by atoms with Gasteiger partial charge < -0.3 is 10.4 Å². The van der Waals surface area contributed by atoms with Gasteiger partial charge in [-0.25, -0.2) is 4.98 Å². The van der Waals surface area contributed by atoms with Crippen LogP contribution in [-0.4, -0.2) is 28.5 Å². The summed E-state index contributed by atoms with van der Waals surface area (Å²) in [6, 6.07) is 4.02. The highest BCUT2D eigenvalue weighted by Gasteiger charge is 2.09. The summed E-state index contributed by atoms with van der Waals surface area (Å²) in [4.78, 5) is 27.8. The molecule has 5 nitrogen and oxygen atoms in total. The third-order valence-corrected chi connectivity index (χ3v) is 5.20. The van der Waals surface area contributed by atoms with E-state index >= 15 is 0 Å². The minimum absolute atomic E-state index is 0.0152. The lowest BCUT2D eigenvalue weighted by Crippen LogP contribution is -2.26. The van der Waals surface area contributed by atoms with Crippen LogP contribution >= 0.6 is 22.7 Å². The highest BCUT2D eigenvalue weighted by Crippen LogP contribution is 2.27. The summed E-state index contributed by atoms with van der Waals surface area (Å²) in [7, 11) is 0. The van der Waals surface area contributed by atoms with E-state index in [0.717, 1.165) is 34.8 Å². The Kier molecular flexibility index (Phi) is 7.22. The van der Waals surface area contributed by atoms with Crippen LogP contribution in [0.1, 0.15) is 37.8 Å². The number of aliphatic carboxylic acids is 1. The van der Waals surface area contributed by atoms with Crippen molar-refractivity contribution >= 4 is 34.6 Å². The fourth-order valence-electron chi connectivity index (χ4n) is 2.11. The average Bonchev–Trinajstić information content (AvgIpc) is 3.16. The summed E-state index contributed by atoms with van der Waals surface area (Å²) in [5.74, 6) is -0.762. The molecule has 124 valence electrons. The van der Waals surface area contributed by atoms with Crippen molar-refractivity contribution in [3.63, 3.8) is 0 Å². The molecule has 2 aromatic rings. The van der Waals surface area contributed by atoms with Gasteiger partial charge in [0.05, 0.1) is 17.0 Å². The van der Waals surface area contributed by atoms with Gasteiger partial charge in [0.25, 0.3) is 0 Å². The number of carboxylic acid groups (broad SMARTS) is 1. The topological polar surface area (TPSA) is 79.3 Å². The van der Waals surface area contributed by atoms with Crippen molar-refractivity contribution in [2.75, 3.05) is 6.54 Å². The Morgan fingerprint density at radius 2 is 2.00 bits per heavy atom. The normalized spacial score (nSPS) is 10.6. The highest BCUT2D eigenvalue weighted by atomic mass is 32.1. The number of carbonyl (C=O) groups is 2. The summed E-state index contributed by atoms with van der Waals surface area (Å²) in [5.41, 5.74) is 0.803. The molecule has 0 aliphatic rings. The maximum atomic E-state index is 11.9. The number of amides is 1. The van der Waals surface area contributed by atoms with Gasteiger partial charge in [-0.2, -0.15) is 0 Å². The smallest absolute Gasteiger partial charge is 0.303 e. The number of rotatable bonds is 10. The Hall–Kier alpha value is -1.73. The molecule has 0 unspecified atom stereocenters. The van der Waals surface area contributed by atoms with Crippen molar-refractivity contribution in [3.8, 4) is 9.88 Å². The van der Waals surface area contributed by atoms with Crippen LogP contribution in [0.15, 0.2) is 22.9 Å². The van der Waals surface area contributed by atoms with E-state index in [1.54, 1.807) is 22.7 Å². The lowest BCUT2D eigenvalue weighted by Gasteiger charge is -2.03. The number of hydrogen-bond acceptors (Lipinski definition) is 5. The number of nitrogens with one attached hydrogen (secondary N) is 1. The van der Waals surface area contributed by atoms with Gasteiger partial charge in [0.15, 0.2) is 0 Å². The molecule has 23 heavy (non-hydrogen) atoms. The third-order valence-electron chi connectivity index (χ3n) is 3.26. The van der Waals surface area contributed by atoms with Gasteiger partial charge in [0.2, 0.25) is 5.91 Å². The number of carbonyl (C=O) groups excluding carboxylic acids is 1. The number of thiazole rings is 1. The van der Waals surface area contributed by atoms with Gasteiger partial charge in [-0.3, -0.25) is 9.59 Å². The maximum absolute atomic E-state index is 11.9. The lowest BCUT2D eigenvalue weighted by molar-refractivity contribution is -0.137. The van der Waals surface area contributed by atoms with Crippen molar-refractivity contribution in [3.05, 3.63) is 28.6 Å². The second-order valence-electron chi connectivity index (χ2n) is 5.21. The van der Waals surface area contributed by atoms with Gasteiger partial charge >= 0.3 is 5.97 Å². The van der Waals surface area contributed by atoms with E-state index in [2.05, 4.69) is 10.3 Å². The van der Waals surface area contributed by atoms with Crippen molar-refractivity contribution in [2.45, 2.75) is 38.5 Å². The zero-order valence-electron chi connectivity index (χ0n) is 12.8. The van der Waals surface area contributed by atoms with E-state index in [1.165, 1.54) is 0 Å². The molecular weight excluding hydrogens is 332 g/mol. The SMILES string of the molecule is O=C(O)CCCCCCNC(=O)Cc1csc(-c2cccs2)n1. The summed E-state index contributed by atoms with van der Waals surface area (Å²) in [5, 5.41) is 16.3. The van der Waals surface area contributed by atoms with E-state index in [-0.39, 0.29) is 12.3 Å². The Morgan fingerprint density at radius 3 is 2.74 bits per heavy atom. The van der Waals surface area contributed by atoms with Gasteiger partial charge in [0.1, 0.15) is 5.01 Å². The Balaban J connectivity index is 1.61. The number of aromatic nitrogens is 1. The maximum Gasteiger partial charge on any atom is 0.303 e. The largest absolute Gasteiger partial charge is 0.481 e. The molecule has 0 saturated carbocycles. The van der Waals surface area contributed by atoms with Crippen LogP contribution in [0.2, 0.25) is 0 Å². The second kappa shape index (κ2) is 9.42. The average molecular weight is 352 g/mol. The van der Waals surface area contributed by atoms with E-state index < -0.39 is 5.97 Å². The molecule has 2 aromatic heterocycles. The van der Waals surface area contributed by atoms with Crippen LogP contribution in [0, 0.1) is 0 Å². The number of hydrogen-bond donors (Lipinski definition) is 2. The second-order valence-corrected chi connectivity index (χ2v) is 7.01. The van der Waals surface area contributed by atoms with E-state index in [9.17, 15) is 9.59 Å². The van der Waals surface area contributed by atoms with Crippen LogP contribution in [0.3, 0.4) is 0 Å². The van der Waals surface area contributed by atoms with Crippen LogP contribution < -0.4 is 5.32 Å².